The van der Waals surface area contributed by atoms with Crippen LogP contribution in [0.15, 0.2) is 24.3 Å². The van der Waals surface area contributed by atoms with Crippen molar-refractivity contribution in [3.63, 3.8) is 0 Å². The summed E-state index contributed by atoms with van der Waals surface area (Å²) in [5.74, 6) is 1.05. The van der Waals surface area contributed by atoms with E-state index in [-0.39, 0.29) is 17.9 Å². The molecular formula is C17H21NO3. The average molecular weight is 287 g/mol. The summed E-state index contributed by atoms with van der Waals surface area (Å²) < 4.78 is 5.46. The maximum absolute atomic E-state index is 11.8. The van der Waals surface area contributed by atoms with Crippen molar-refractivity contribution in [2.24, 2.45) is 5.92 Å². The highest BCUT2D eigenvalue weighted by Gasteiger charge is 2.24. The summed E-state index contributed by atoms with van der Waals surface area (Å²) in [6, 6.07) is 5.97. The van der Waals surface area contributed by atoms with Crippen LogP contribution in [0.4, 0.5) is 0 Å². The van der Waals surface area contributed by atoms with E-state index in [1.807, 2.05) is 18.2 Å². The van der Waals surface area contributed by atoms with Gasteiger partial charge in [0.2, 0.25) is 5.91 Å². The normalized spacial score (nSPS) is 24.0. The van der Waals surface area contributed by atoms with Gasteiger partial charge in [-0.25, -0.2) is 0 Å². The Labute approximate surface area is 124 Å². The zero-order valence-corrected chi connectivity index (χ0v) is 12.0. The summed E-state index contributed by atoms with van der Waals surface area (Å²) in [7, 11) is 0. The molecule has 1 aliphatic carbocycles. The number of carbonyl (C=O) groups excluding carboxylic acids is 1. The molecule has 0 aromatic heterocycles. The molecule has 1 heterocycles. The van der Waals surface area contributed by atoms with E-state index in [2.05, 4.69) is 11.4 Å². The van der Waals surface area contributed by atoms with E-state index in [9.17, 15) is 9.90 Å². The number of carbonyl (C=O) groups is 1. The molecule has 1 fully saturated rings. The number of benzene rings is 1. The fraction of sp³-hybridized carbons (Fsp3) is 0.471. The van der Waals surface area contributed by atoms with Gasteiger partial charge >= 0.3 is 0 Å². The maximum Gasteiger partial charge on any atom is 0.244 e. The molecule has 1 aliphatic heterocycles. The summed E-state index contributed by atoms with van der Waals surface area (Å²) in [5.41, 5.74) is 2.21. The van der Waals surface area contributed by atoms with Crippen molar-refractivity contribution >= 4 is 12.0 Å². The molecule has 112 valence electrons. The number of ether oxygens (including phenoxy) is 1. The van der Waals surface area contributed by atoms with Crippen LogP contribution in [-0.4, -0.2) is 30.3 Å². The number of hydrogen-bond acceptors (Lipinski definition) is 3. The van der Waals surface area contributed by atoms with Crippen molar-refractivity contribution in [1.29, 1.82) is 0 Å². The molecule has 3 rings (SSSR count). The van der Waals surface area contributed by atoms with E-state index in [0.29, 0.717) is 6.54 Å². The quantitative estimate of drug-likeness (QED) is 0.832. The second-order valence-corrected chi connectivity index (χ2v) is 5.80. The summed E-state index contributed by atoms with van der Waals surface area (Å²) in [4.78, 5) is 11.8. The molecule has 0 bridgehead atoms. The SMILES string of the molecule is O=C(C=Cc1ccc2c(c1)CCO2)NCC1CCCC1O. The standard InChI is InChI=1S/C17H21NO3/c19-15-3-1-2-14(15)11-18-17(20)7-5-12-4-6-16-13(10-12)8-9-21-16/h4-7,10,14-15,19H,1-3,8-9,11H2,(H,18,20). The Kier molecular flexibility index (Phi) is 4.25. The fourth-order valence-corrected chi connectivity index (χ4v) is 3.03. The lowest BCUT2D eigenvalue weighted by Gasteiger charge is -2.13. The van der Waals surface area contributed by atoms with Gasteiger partial charge in [-0.1, -0.05) is 12.5 Å². The van der Waals surface area contributed by atoms with Gasteiger partial charge in [0, 0.05) is 25.0 Å². The van der Waals surface area contributed by atoms with Crippen LogP contribution in [0.3, 0.4) is 0 Å². The third kappa shape index (κ3) is 3.45. The van der Waals surface area contributed by atoms with Crippen LogP contribution in [0.2, 0.25) is 0 Å². The van der Waals surface area contributed by atoms with Gasteiger partial charge < -0.3 is 15.2 Å². The van der Waals surface area contributed by atoms with Crippen LogP contribution in [-0.2, 0) is 11.2 Å². The van der Waals surface area contributed by atoms with E-state index in [1.54, 1.807) is 6.08 Å². The van der Waals surface area contributed by atoms with Crippen molar-refractivity contribution < 1.29 is 14.6 Å². The first kappa shape index (κ1) is 14.1. The second kappa shape index (κ2) is 6.31. The predicted molar refractivity (Wildman–Crippen MR) is 81.0 cm³/mol. The van der Waals surface area contributed by atoms with E-state index in [0.717, 1.165) is 43.6 Å². The highest BCUT2D eigenvalue weighted by molar-refractivity contribution is 5.91. The molecule has 4 nitrogen and oxygen atoms in total. The van der Waals surface area contributed by atoms with Crippen molar-refractivity contribution in [2.75, 3.05) is 13.2 Å². The second-order valence-electron chi connectivity index (χ2n) is 5.80. The zero-order chi connectivity index (χ0) is 14.7. The number of nitrogens with one attached hydrogen (secondary N) is 1. The molecule has 1 amide bonds. The largest absolute Gasteiger partial charge is 0.493 e. The Balaban J connectivity index is 1.52. The molecule has 1 aromatic rings. The van der Waals surface area contributed by atoms with Crippen LogP contribution in [0.1, 0.15) is 30.4 Å². The minimum atomic E-state index is -0.258. The highest BCUT2D eigenvalue weighted by Crippen LogP contribution is 2.26. The molecule has 1 aromatic carbocycles. The first-order valence-electron chi connectivity index (χ1n) is 7.62. The molecular weight excluding hydrogens is 266 g/mol. The highest BCUT2D eigenvalue weighted by atomic mass is 16.5. The molecule has 21 heavy (non-hydrogen) atoms. The Morgan fingerprint density at radius 2 is 2.33 bits per heavy atom. The van der Waals surface area contributed by atoms with Crippen LogP contribution >= 0.6 is 0 Å². The van der Waals surface area contributed by atoms with Gasteiger partial charge in [0.1, 0.15) is 5.75 Å². The topological polar surface area (TPSA) is 58.6 Å². The third-order valence-electron chi connectivity index (χ3n) is 4.30. The van der Waals surface area contributed by atoms with Gasteiger partial charge in [-0.15, -0.1) is 0 Å². The van der Waals surface area contributed by atoms with Crippen molar-refractivity contribution in [3.05, 3.63) is 35.4 Å². The van der Waals surface area contributed by atoms with Crippen LogP contribution in [0, 0.1) is 5.92 Å². The zero-order valence-electron chi connectivity index (χ0n) is 12.0. The van der Waals surface area contributed by atoms with E-state index in [1.165, 1.54) is 5.56 Å². The summed E-state index contributed by atoms with van der Waals surface area (Å²) in [6.07, 6.45) is 6.95. The third-order valence-corrected chi connectivity index (χ3v) is 4.30. The number of fused-ring (bicyclic) bond motifs is 1. The molecule has 0 radical (unpaired) electrons. The minimum Gasteiger partial charge on any atom is -0.493 e. The minimum absolute atomic E-state index is 0.106. The lowest BCUT2D eigenvalue weighted by molar-refractivity contribution is -0.116. The van der Waals surface area contributed by atoms with E-state index >= 15 is 0 Å². The summed E-state index contributed by atoms with van der Waals surface area (Å²) >= 11 is 0. The molecule has 1 saturated carbocycles. The molecule has 2 unspecified atom stereocenters. The Hall–Kier alpha value is -1.81. The van der Waals surface area contributed by atoms with Gasteiger partial charge in [0.25, 0.3) is 0 Å². The van der Waals surface area contributed by atoms with Gasteiger partial charge in [0.15, 0.2) is 0 Å². The van der Waals surface area contributed by atoms with Gasteiger partial charge in [0.05, 0.1) is 12.7 Å². The van der Waals surface area contributed by atoms with Crippen molar-refractivity contribution in [2.45, 2.75) is 31.8 Å². The van der Waals surface area contributed by atoms with E-state index < -0.39 is 0 Å². The summed E-state index contributed by atoms with van der Waals surface area (Å²) in [6.45, 7) is 1.30. The smallest absolute Gasteiger partial charge is 0.244 e. The fourth-order valence-electron chi connectivity index (χ4n) is 3.03. The van der Waals surface area contributed by atoms with Gasteiger partial charge in [-0.05, 0) is 42.2 Å². The van der Waals surface area contributed by atoms with Gasteiger partial charge in [-0.2, -0.15) is 0 Å². The molecule has 2 aliphatic rings. The van der Waals surface area contributed by atoms with Crippen molar-refractivity contribution in [3.8, 4) is 5.75 Å². The molecule has 4 heteroatoms. The number of rotatable bonds is 4. The Morgan fingerprint density at radius 1 is 1.43 bits per heavy atom. The average Bonchev–Trinajstić information content (AvgIpc) is 3.11. The van der Waals surface area contributed by atoms with E-state index in [4.69, 9.17) is 4.74 Å². The number of aliphatic hydroxyl groups excluding tert-OH is 1. The van der Waals surface area contributed by atoms with Crippen LogP contribution < -0.4 is 10.1 Å². The van der Waals surface area contributed by atoms with Gasteiger partial charge in [-0.3, -0.25) is 4.79 Å². The van der Waals surface area contributed by atoms with Crippen LogP contribution in [0.5, 0.6) is 5.75 Å². The summed E-state index contributed by atoms with van der Waals surface area (Å²) in [5, 5.41) is 12.6. The number of aliphatic hydroxyl groups is 1. The van der Waals surface area contributed by atoms with Crippen molar-refractivity contribution in [1.82, 2.24) is 5.32 Å². The Bertz CT molecular complexity index is 553. The first-order valence-corrected chi connectivity index (χ1v) is 7.62. The Morgan fingerprint density at radius 3 is 3.14 bits per heavy atom. The lowest BCUT2D eigenvalue weighted by Crippen LogP contribution is -2.31. The number of amides is 1. The maximum atomic E-state index is 11.8. The number of hydrogen-bond donors (Lipinski definition) is 2. The molecule has 0 saturated heterocycles. The predicted octanol–water partition coefficient (Wildman–Crippen LogP) is 1.91. The molecule has 0 spiro atoms. The molecule has 2 N–H and O–H groups in total. The van der Waals surface area contributed by atoms with Crippen LogP contribution in [0.25, 0.3) is 6.08 Å². The molecule has 2 atom stereocenters. The first-order chi connectivity index (χ1) is 10.2. The monoisotopic (exact) mass is 287 g/mol. The lowest BCUT2D eigenvalue weighted by atomic mass is 10.1.